The maximum absolute atomic E-state index is 13.3. The Morgan fingerprint density at radius 2 is 1.81 bits per heavy atom. The van der Waals surface area contributed by atoms with E-state index in [0.29, 0.717) is 13.1 Å². The molecule has 26 heavy (non-hydrogen) atoms. The van der Waals surface area contributed by atoms with Gasteiger partial charge in [-0.3, -0.25) is 9.59 Å². The SMILES string of the molecule is NC(=O)CCN(Cc1ccccc1)C(=O)C1CC12CCc1ccccc12. The number of carbonyl (C=O) groups excluding carboxylic acids is 2. The van der Waals surface area contributed by atoms with Gasteiger partial charge < -0.3 is 10.6 Å². The number of benzene rings is 2. The summed E-state index contributed by atoms with van der Waals surface area (Å²) >= 11 is 0. The van der Waals surface area contributed by atoms with Crippen molar-refractivity contribution in [2.24, 2.45) is 11.7 Å². The molecule has 2 aliphatic carbocycles. The van der Waals surface area contributed by atoms with Gasteiger partial charge in [0.2, 0.25) is 11.8 Å². The van der Waals surface area contributed by atoms with Crippen molar-refractivity contribution in [2.75, 3.05) is 6.54 Å². The monoisotopic (exact) mass is 348 g/mol. The van der Waals surface area contributed by atoms with Gasteiger partial charge in [0, 0.05) is 30.8 Å². The summed E-state index contributed by atoms with van der Waals surface area (Å²) in [5.74, 6) is -0.179. The molecule has 2 atom stereocenters. The standard InChI is InChI=1S/C22H24N2O2/c23-20(25)11-13-24(15-16-6-2-1-3-7-16)21(26)19-14-22(19)12-10-17-8-4-5-9-18(17)22/h1-9,19H,10-15H2,(H2,23,25). The van der Waals surface area contributed by atoms with Crippen LogP contribution < -0.4 is 5.73 Å². The van der Waals surface area contributed by atoms with Crippen LogP contribution in [0.3, 0.4) is 0 Å². The Labute approximate surface area is 154 Å². The van der Waals surface area contributed by atoms with E-state index in [2.05, 4.69) is 24.3 Å². The van der Waals surface area contributed by atoms with E-state index >= 15 is 0 Å². The van der Waals surface area contributed by atoms with E-state index < -0.39 is 0 Å². The lowest BCUT2D eigenvalue weighted by atomic mass is 9.95. The molecule has 1 saturated carbocycles. The first kappa shape index (κ1) is 16.8. The first-order valence-electron chi connectivity index (χ1n) is 9.29. The molecule has 0 bridgehead atoms. The number of rotatable bonds is 6. The lowest BCUT2D eigenvalue weighted by molar-refractivity contribution is -0.134. The molecule has 4 heteroatoms. The van der Waals surface area contributed by atoms with Crippen molar-refractivity contribution in [1.82, 2.24) is 4.90 Å². The van der Waals surface area contributed by atoms with Gasteiger partial charge in [0.15, 0.2) is 0 Å². The van der Waals surface area contributed by atoms with Crippen molar-refractivity contribution in [2.45, 2.75) is 37.6 Å². The Morgan fingerprint density at radius 1 is 1.08 bits per heavy atom. The van der Waals surface area contributed by atoms with Crippen LogP contribution in [-0.2, 0) is 28.0 Å². The zero-order chi connectivity index (χ0) is 18.1. The number of nitrogens with two attached hydrogens (primary N) is 1. The molecule has 4 rings (SSSR count). The van der Waals surface area contributed by atoms with E-state index in [-0.39, 0.29) is 29.6 Å². The van der Waals surface area contributed by atoms with E-state index in [4.69, 9.17) is 5.73 Å². The number of fused-ring (bicyclic) bond motifs is 2. The summed E-state index contributed by atoms with van der Waals surface area (Å²) in [7, 11) is 0. The molecule has 0 aromatic heterocycles. The number of amides is 2. The van der Waals surface area contributed by atoms with Gasteiger partial charge in [-0.05, 0) is 36.0 Å². The molecule has 0 heterocycles. The summed E-state index contributed by atoms with van der Waals surface area (Å²) in [6.45, 7) is 0.915. The highest BCUT2D eigenvalue weighted by Gasteiger charge is 2.61. The van der Waals surface area contributed by atoms with E-state index in [1.807, 2.05) is 35.2 Å². The molecule has 2 N–H and O–H groups in total. The minimum atomic E-state index is -0.368. The Hall–Kier alpha value is -2.62. The van der Waals surface area contributed by atoms with Gasteiger partial charge in [-0.2, -0.15) is 0 Å². The Morgan fingerprint density at radius 3 is 2.58 bits per heavy atom. The molecule has 2 aromatic carbocycles. The highest BCUT2D eigenvalue weighted by molar-refractivity contribution is 5.85. The number of hydrogen-bond donors (Lipinski definition) is 1. The molecule has 0 aliphatic heterocycles. The molecule has 134 valence electrons. The van der Waals surface area contributed by atoms with Gasteiger partial charge in [-0.25, -0.2) is 0 Å². The van der Waals surface area contributed by atoms with Crippen LogP contribution in [-0.4, -0.2) is 23.3 Å². The Bertz CT molecular complexity index is 833. The normalized spacial score (nSPS) is 22.8. The predicted molar refractivity (Wildman–Crippen MR) is 100 cm³/mol. The van der Waals surface area contributed by atoms with Crippen molar-refractivity contribution >= 4 is 11.8 Å². The Kier molecular flexibility index (Phi) is 4.27. The summed E-state index contributed by atoms with van der Waals surface area (Å²) in [5.41, 5.74) is 9.17. The second kappa shape index (κ2) is 6.60. The van der Waals surface area contributed by atoms with E-state index in [1.54, 1.807) is 0 Å². The number of aryl methyl sites for hydroxylation is 1. The summed E-state index contributed by atoms with van der Waals surface area (Å²) < 4.78 is 0. The molecular weight excluding hydrogens is 324 g/mol. The summed E-state index contributed by atoms with van der Waals surface area (Å²) in [6.07, 6.45) is 3.23. The fourth-order valence-corrected chi connectivity index (χ4v) is 4.46. The minimum absolute atomic E-state index is 0.0232. The van der Waals surface area contributed by atoms with Crippen LogP contribution in [0, 0.1) is 5.92 Å². The summed E-state index contributed by atoms with van der Waals surface area (Å²) in [4.78, 5) is 26.3. The third kappa shape index (κ3) is 3.00. The molecule has 2 amide bonds. The lowest BCUT2D eigenvalue weighted by Crippen LogP contribution is -2.36. The van der Waals surface area contributed by atoms with Crippen LogP contribution in [0.25, 0.3) is 0 Å². The van der Waals surface area contributed by atoms with Gasteiger partial charge in [-0.1, -0.05) is 54.6 Å². The first-order valence-corrected chi connectivity index (χ1v) is 9.29. The van der Waals surface area contributed by atoms with Gasteiger partial charge in [0.05, 0.1) is 0 Å². The van der Waals surface area contributed by atoms with Gasteiger partial charge >= 0.3 is 0 Å². The first-order chi connectivity index (χ1) is 12.6. The quantitative estimate of drug-likeness (QED) is 0.872. The van der Waals surface area contributed by atoms with Crippen molar-refractivity contribution < 1.29 is 9.59 Å². The fraction of sp³-hybridized carbons (Fsp3) is 0.364. The number of nitrogens with zero attached hydrogens (tertiary/aromatic N) is 1. The van der Waals surface area contributed by atoms with Crippen LogP contribution >= 0.6 is 0 Å². The number of primary amides is 1. The van der Waals surface area contributed by atoms with Crippen molar-refractivity contribution in [1.29, 1.82) is 0 Å². The van der Waals surface area contributed by atoms with Gasteiger partial charge in [0.25, 0.3) is 0 Å². The van der Waals surface area contributed by atoms with Crippen molar-refractivity contribution in [3.63, 3.8) is 0 Å². The minimum Gasteiger partial charge on any atom is -0.370 e. The van der Waals surface area contributed by atoms with E-state index in [1.165, 1.54) is 11.1 Å². The summed E-state index contributed by atoms with van der Waals surface area (Å²) in [5, 5.41) is 0. The Balaban J connectivity index is 1.53. The molecule has 1 spiro atoms. The smallest absolute Gasteiger partial charge is 0.226 e. The zero-order valence-electron chi connectivity index (χ0n) is 14.9. The molecule has 4 nitrogen and oxygen atoms in total. The highest BCUT2D eigenvalue weighted by Crippen LogP contribution is 2.62. The van der Waals surface area contributed by atoms with Crippen molar-refractivity contribution in [3.05, 3.63) is 71.3 Å². The number of carbonyl (C=O) groups is 2. The topological polar surface area (TPSA) is 63.4 Å². The molecular formula is C22H24N2O2. The molecule has 2 unspecified atom stereocenters. The molecule has 0 radical (unpaired) electrons. The molecule has 2 aliphatic rings. The maximum Gasteiger partial charge on any atom is 0.226 e. The predicted octanol–water partition coefficient (Wildman–Crippen LogP) is 2.79. The van der Waals surface area contributed by atoms with Crippen LogP contribution in [0.2, 0.25) is 0 Å². The van der Waals surface area contributed by atoms with Crippen LogP contribution in [0.1, 0.15) is 36.0 Å². The van der Waals surface area contributed by atoms with Crippen LogP contribution in [0.4, 0.5) is 0 Å². The summed E-state index contributed by atoms with van der Waals surface area (Å²) in [6, 6.07) is 18.4. The van der Waals surface area contributed by atoms with E-state index in [0.717, 1.165) is 24.8 Å². The second-order valence-electron chi connectivity index (χ2n) is 7.53. The van der Waals surface area contributed by atoms with Gasteiger partial charge in [-0.15, -0.1) is 0 Å². The van der Waals surface area contributed by atoms with Crippen LogP contribution in [0.5, 0.6) is 0 Å². The zero-order valence-corrected chi connectivity index (χ0v) is 14.9. The average Bonchev–Trinajstić information content (AvgIpc) is 3.27. The second-order valence-corrected chi connectivity index (χ2v) is 7.53. The largest absolute Gasteiger partial charge is 0.370 e. The fourth-order valence-electron chi connectivity index (χ4n) is 4.46. The number of hydrogen-bond acceptors (Lipinski definition) is 2. The van der Waals surface area contributed by atoms with Gasteiger partial charge in [0.1, 0.15) is 0 Å². The lowest BCUT2D eigenvalue weighted by Gasteiger charge is -2.24. The molecule has 2 aromatic rings. The third-order valence-electron chi connectivity index (χ3n) is 5.92. The van der Waals surface area contributed by atoms with E-state index in [9.17, 15) is 9.59 Å². The molecule has 1 fully saturated rings. The van der Waals surface area contributed by atoms with Crippen LogP contribution in [0.15, 0.2) is 54.6 Å². The van der Waals surface area contributed by atoms with Crippen molar-refractivity contribution in [3.8, 4) is 0 Å². The highest BCUT2D eigenvalue weighted by atomic mass is 16.2. The maximum atomic E-state index is 13.3. The average molecular weight is 348 g/mol. The molecule has 0 saturated heterocycles. The third-order valence-corrected chi connectivity index (χ3v) is 5.92.